The smallest absolute Gasteiger partial charge is 0.181 e. The summed E-state index contributed by atoms with van der Waals surface area (Å²) in [5, 5.41) is 0. The Morgan fingerprint density at radius 1 is 0.556 bits per heavy atom. The standard InChI is InChI=1S/C20H46N4O3/c1-15-25-17(3,4)23(13)19(7,21(9)10)27-20(8,22(11)12)24(14)18(5,6)26-16-2/h15-16H2,1-14H3. The van der Waals surface area contributed by atoms with Crippen LogP contribution in [0.2, 0.25) is 0 Å². The predicted molar refractivity (Wildman–Crippen MR) is 112 cm³/mol. The molecule has 0 aromatic rings. The summed E-state index contributed by atoms with van der Waals surface area (Å²) in [6.07, 6.45) is 0. The lowest BCUT2D eigenvalue weighted by Gasteiger charge is -2.57. The fourth-order valence-corrected chi connectivity index (χ4v) is 3.19. The van der Waals surface area contributed by atoms with E-state index in [1.54, 1.807) is 0 Å². The third-order valence-corrected chi connectivity index (χ3v) is 5.90. The Hall–Kier alpha value is -0.280. The zero-order valence-corrected chi connectivity index (χ0v) is 20.4. The Morgan fingerprint density at radius 3 is 1.00 bits per heavy atom. The van der Waals surface area contributed by atoms with Crippen LogP contribution < -0.4 is 0 Å². The van der Waals surface area contributed by atoms with Gasteiger partial charge in [-0.1, -0.05) is 0 Å². The topological polar surface area (TPSA) is 40.7 Å². The summed E-state index contributed by atoms with van der Waals surface area (Å²) in [7, 11) is 12.1. The molecule has 0 N–H and O–H groups in total. The van der Waals surface area contributed by atoms with Gasteiger partial charge in [0.2, 0.25) is 0 Å². The third kappa shape index (κ3) is 5.85. The maximum Gasteiger partial charge on any atom is 0.181 e. The van der Waals surface area contributed by atoms with Gasteiger partial charge in [0.25, 0.3) is 0 Å². The van der Waals surface area contributed by atoms with Crippen molar-refractivity contribution in [1.82, 2.24) is 19.6 Å². The van der Waals surface area contributed by atoms with Crippen molar-refractivity contribution < 1.29 is 14.2 Å². The quantitative estimate of drug-likeness (QED) is 0.475. The Bertz CT molecular complexity index is 417. The van der Waals surface area contributed by atoms with Gasteiger partial charge in [-0.3, -0.25) is 9.80 Å². The summed E-state index contributed by atoms with van der Waals surface area (Å²) in [6.45, 7) is 17.6. The highest BCUT2D eigenvalue weighted by Crippen LogP contribution is 2.36. The van der Waals surface area contributed by atoms with Crippen molar-refractivity contribution >= 4 is 0 Å². The van der Waals surface area contributed by atoms with Gasteiger partial charge in [-0.15, -0.1) is 0 Å². The summed E-state index contributed by atoms with van der Waals surface area (Å²) in [6, 6.07) is 0. The molecule has 2 atom stereocenters. The number of nitrogens with zero attached hydrogens (tertiary/aromatic N) is 4. The number of hydrogen-bond donors (Lipinski definition) is 0. The second-order valence-electron chi connectivity index (χ2n) is 8.64. The molecule has 27 heavy (non-hydrogen) atoms. The van der Waals surface area contributed by atoms with E-state index >= 15 is 0 Å². The lowest BCUT2D eigenvalue weighted by molar-refractivity contribution is -0.389. The summed E-state index contributed by atoms with van der Waals surface area (Å²) in [4.78, 5) is 8.37. The van der Waals surface area contributed by atoms with E-state index in [0.717, 1.165) is 0 Å². The zero-order valence-electron chi connectivity index (χ0n) is 20.4. The van der Waals surface area contributed by atoms with E-state index in [1.165, 1.54) is 0 Å². The first-order valence-electron chi connectivity index (χ1n) is 9.83. The van der Waals surface area contributed by atoms with Gasteiger partial charge >= 0.3 is 0 Å². The van der Waals surface area contributed by atoms with E-state index in [0.29, 0.717) is 13.2 Å². The van der Waals surface area contributed by atoms with Crippen LogP contribution in [0.1, 0.15) is 55.4 Å². The number of hydrogen-bond acceptors (Lipinski definition) is 7. The van der Waals surface area contributed by atoms with Crippen LogP contribution in [0.5, 0.6) is 0 Å². The van der Waals surface area contributed by atoms with Gasteiger partial charge < -0.3 is 14.2 Å². The molecule has 0 aliphatic rings. The first-order valence-corrected chi connectivity index (χ1v) is 9.83. The molecule has 0 spiro atoms. The van der Waals surface area contributed by atoms with E-state index in [-0.39, 0.29) is 0 Å². The van der Waals surface area contributed by atoms with Crippen LogP contribution in [0.15, 0.2) is 0 Å². The summed E-state index contributed by atoms with van der Waals surface area (Å²) >= 11 is 0. The first kappa shape index (κ1) is 26.7. The van der Waals surface area contributed by atoms with Crippen LogP contribution in [0.25, 0.3) is 0 Å². The molecule has 164 valence electrons. The van der Waals surface area contributed by atoms with Gasteiger partial charge in [0.05, 0.1) is 0 Å². The van der Waals surface area contributed by atoms with E-state index in [9.17, 15) is 0 Å². The molecular formula is C20H46N4O3. The largest absolute Gasteiger partial charge is 0.361 e. The Balaban J connectivity index is 6.10. The molecule has 7 nitrogen and oxygen atoms in total. The fourth-order valence-electron chi connectivity index (χ4n) is 3.19. The van der Waals surface area contributed by atoms with Crippen molar-refractivity contribution in [2.75, 3.05) is 55.5 Å². The molecule has 0 bridgehead atoms. The van der Waals surface area contributed by atoms with Crippen molar-refractivity contribution in [1.29, 1.82) is 0 Å². The van der Waals surface area contributed by atoms with Crippen LogP contribution in [-0.2, 0) is 14.2 Å². The maximum absolute atomic E-state index is 6.88. The fraction of sp³-hybridized carbons (Fsp3) is 1.00. The van der Waals surface area contributed by atoms with Crippen LogP contribution in [0.4, 0.5) is 0 Å². The second kappa shape index (κ2) is 9.48. The van der Waals surface area contributed by atoms with Gasteiger partial charge in [-0.05, 0) is 97.7 Å². The average Bonchev–Trinajstić information content (AvgIpc) is 2.52. The first-order chi connectivity index (χ1) is 12.0. The molecule has 0 rings (SSSR count). The molecule has 0 amide bonds. The molecule has 2 unspecified atom stereocenters. The minimum absolute atomic E-state index is 0.505. The molecule has 0 saturated carbocycles. The van der Waals surface area contributed by atoms with Crippen molar-refractivity contribution in [3.63, 3.8) is 0 Å². The highest BCUT2D eigenvalue weighted by molar-refractivity contribution is 4.87. The monoisotopic (exact) mass is 390 g/mol. The van der Waals surface area contributed by atoms with Crippen LogP contribution in [0, 0.1) is 0 Å². The van der Waals surface area contributed by atoms with E-state index in [4.69, 9.17) is 14.2 Å². The van der Waals surface area contributed by atoms with Crippen LogP contribution >= 0.6 is 0 Å². The third-order valence-electron chi connectivity index (χ3n) is 5.90. The predicted octanol–water partition coefficient (Wildman–Crippen LogP) is 2.88. The van der Waals surface area contributed by atoms with Gasteiger partial charge in [-0.25, -0.2) is 9.80 Å². The van der Waals surface area contributed by atoms with Crippen molar-refractivity contribution in [2.45, 2.75) is 78.5 Å². The van der Waals surface area contributed by atoms with Gasteiger partial charge in [0.15, 0.2) is 11.7 Å². The van der Waals surface area contributed by atoms with Gasteiger partial charge in [-0.2, -0.15) is 0 Å². The van der Waals surface area contributed by atoms with Gasteiger partial charge in [0.1, 0.15) is 11.4 Å². The summed E-state index contributed by atoms with van der Waals surface area (Å²) in [5.41, 5.74) is -1.01. The minimum Gasteiger partial charge on any atom is -0.361 e. The van der Waals surface area contributed by atoms with Crippen LogP contribution in [0.3, 0.4) is 0 Å². The van der Waals surface area contributed by atoms with Crippen LogP contribution in [-0.4, -0.2) is 98.2 Å². The molecule has 0 aromatic carbocycles. The maximum atomic E-state index is 6.88. The van der Waals surface area contributed by atoms with E-state index in [2.05, 4.69) is 61.1 Å². The van der Waals surface area contributed by atoms with Gasteiger partial charge in [0, 0.05) is 13.2 Å². The molecule has 0 heterocycles. The minimum atomic E-state index is -0.742. The number of ether oxygens (including phenoxy) is 3. The zero-order chi connectivity index (χ0) is 21.8. The van der Waals surface area contributed by atoms with E-state index in [1.807, 2.05) is 56.1 Å². The Morgan fingerprint density at radius 2 is 0.815 bits per heavy atom. The highest BCUT2D eigenvalue weighted by Gasteiger charge is 2.51. The second-order valence-corrected chi connectivity index (χ2v) is 8.64. The van der Waals surface area contributed by atoms with Crippen molar-refractivity contribution in [3.8, 4) is 0 Å². The normalized spacial score (nSPS) is 18.4. The lowest BCUT2D eigenvalue weighted by Crippen LogP contribution is -2.72. The molecule has 7 heteroatoms. The molecule has 0 saturated heterocycles. The molecule has 0 radical (unpaired) electrons. The Labute approximate surface area is 168 Å². The van der Waals surface area contributed by atoms with Crippen molar-refractivity contribution in [2.24, 2.45) is 0 Å². The molecule has 0 aromatic heterocycles. The molecule has 0 aliphatic heterocycles. The Kier molecular flexibility index (Phi) is 9.38. The molecule has 0 fully saturated rings. The van der Waals surface area contributed by atoms with E-state index < -0.39 is 23.1 Å². The lowest BCUT2D eigenvalue weighted by atomic mass is 10.2. The SMILES string of the molecule is CCOC(C)(C)N(C)C(C)(OC(C)(N(C)C)N(C)C(C)(C)OCC)N(C)C. The average molecular weight is 391 g/mol. The molecular weight excluding hydrogens is 344 g/mol. The number of rotatable bonds is 12. The highest BCUT2D eigenvalue weighted by atomic mass is 16.6. The summed E-state index contributed by atoms with van der Waals surface area (Å²) in [5.74, 6) is -1.48. The summed E-state index contributed by atoms with van der Waals surface area (Å²) < 4.78 is 18.9. The van der Waals surface area contributed by atoms with Crippen molar-refractivity contribution in [3.05, 3.63) is 0 Å². The molecule has 0 aliphatic carbocycles.